The quantitative estimate of drug-likeness (QED) is 0.149. The van der Waals surface area contributed by atoms with Crippen molar-refractivity contribution in [1.82, 2.24) is 79.7 Å². The topological polar surface area (TPSA) is 278 Å². The molecule has 0 aromatic carbocycles. The fraction of sp³-hybridized carbons (Fsp3) is 0.500. The van der Waals surface area contributed by atoms with Gasteiger partial charge in [-0.15, -0.1) is 25.5 Å². The number of nitrogens with two attached hydrogens (primary N) is 4. The van der Waals surface area contributed by atoms with Crippen molar-refractivity contribution >= 4 is 67.1 Å². The Morgan fingerprint density at radius 2 is 0.850 bits per heavy atom. The van der Waals surface area contributed by atoms with E-state index < -0.39 is 0 Å². The molecule has 0 aliphatic rings. The number of fused-ring (bicyclic) bond motifs is 4. The largest absolute Gasteiger partial charge is 0.397 e. The normalized spacial score (nSPS) is 11.5. The van der Waals surface area contributed by atoms with Gasteiger partial charge in [-0.25, -0.2) is 14.3 Å². The first-order chi connectivity index (χ1) is 28.1. The van der Waals surface area contributed by atoms with Crippen molar-refractivity contribution in [2.24, 2.45) is 0 Å². The highest BCUT2D eigenvalue weighted by atomic mass is 15.5. The molecule has 0 atom stereocenters. The number of anilines is 4. The SMILES string of the molecule is Cc1nnc2c(c(C)c(C)n2C(C)C)c1N.Cc1nnc2c(c(C)nn2C(C)C)c1N.Cc1nnc2c(nc(C)n2C(C)C)c1N.Cc1nnc2c(nnn2C(C)C)c1N. The smallest absolute Gasteiger partial charge is 0.203 e. The summed E-state index contributed by atoms with van der Waals surface area (Å²) in [7, 11) is 0. The second kappa shape index (κ2) is 17.3. The minimum atomic E-state index is 0.205. The first-order valence-electron chi connectivity index (χ1n) is 20.0. The zero-order chi connectivity index (χ0) is 44.7. The Balaban J connectivity index is 0.000000152. The Morgan fingerprint density at radius 1 is 0.400 bits per heavy atom. The van der Waals surface area contributed by atoms with E-state index in [2.05, 4.69) is 121 Å². The summed E-state index contributed by atoms with van der Waals surface area (Å²) in [5.74, 6) is 0.923. The highest BCUT2D eigenvalue weighted by Crippen LogP contribution is 2.32. The second-order valence-electron chi connectivity index (χ2n) is 16.1. The maximum absolute atomic E-state index is 6.09. The molecule has 0 amide bonds. The molecule has 0 fully saturated rings. The molecular weight excluding hydrogens is 761 g/mol. The number of hydrogen-bond acceptors (Lipinski definition) is 16. The molecule has 320 valence electrons. The highest BCUT2D eigenvalue weighted by molar-refractivity contribution is 5.93. The minimum Gasteiger partial charge on any atom is -0.397 e. The predicted octanol–water partition coefficient (Wildman–Crippen LogP) is 6.42. The van der Waals surface area contributed by atoms with Crippen LogP contribution in [0.1, 0.15) is 125 Å². The molecule has 0 aliphatic carbocycles. The van der Waals surface area contributed by atoms with E-state index >= 15 is 0 Å². The first kappa shape index (κ1) is 44.5. The second-order valence-corrected chi connectivity index (χ2v) is 16.1. The lowest BCUT2D eigenvalue weighted by molar-refractivity contribution is 0.524. The van der Waals surface area contributed by atoms with E-state index in [1.54, 1.807) is 11.6 Å². The van der Waals surface area contributed by atoms with E-state index in [-0.39, 0.29) is 12.1 Å². The molecule has 8 heterocycles. The molecule has 0 radical (unpaired) electrons. The van der Waals surface area contributed by atoms with Gasteiger partial charge >= 0.3 is 0 Å². The van der Waals surface area contributed by atoms with Gasteiger partial charge in [0.25, 0.3) is 0 Å². The summed E-state index contributed by atoms with van der Waals surface area (Å²) in [5.41, 5.74) is 37.2. The van der Waals surface area contributed by atoms with Gasteiger partial charge in [-0.3, -0.25) is 0 Å². The summed E-state index contributed by atoms with van der Waals surface area (Å²) in [6, 6.07) is 1.15. The summed E-state index contributed by atoms with van der Waals surface area (Å²) < 4.78 is 7.79. The van der Waals surface area contributed by atoms with Crippen LogP contribution in [0.25, 0.3) is 44.4 Å². The van der Waals surface area contributed by atoms with E-state index in [1.165, 1.54) is 11.3 Å². The van der Waals surface area contributed by atoms with E-state index in [0.717, 1.165) is 67.5 Å². The number of aryl methyl sites for hydroxylation is 7. The average molecular weight is 821 g/mol. The number of nitrogen functional groups attached to an aromatic ring is 4. The Kier molecular flexibility index (Phi) is 12.8. The molecule has 8 rings (SSSR count). The van der Waals surface area contributed by atoms with Crippen molar-refractivity contribution in [3.63, 3.8) is 0 Å². The molecule has 0 spiro atoms. The van der Waals surface area contributed by atoms with Crippen molar-refractivity contribution in [2.75, 3.05) is 22.9 Å². The molecule has 20 heteroatoms. The predicted molar refractivity (Wildman–Crippen MR) is 238 cm³/mol. The van der Waals surface area contributed by atoms with Crippen molar-refractivity contribution in [3.8, 4) is 0 Å². The third-order valence-corrected chi connectivity index (χ3v) is 10.3. The lowest BCUT2D eigenvalue weighted by Crippen LogP contribution is -2.05. The zero-order valence-corrected chi connectivity index (χ0v) is 37.8. The van der Waals surface area contributed by atoms with E-state index in [9.17, 15) is 0 Å². The summed E-state index contributed by atoms with van der Waals surface area (Å²) in [6.45, 7) is 32.1. The lowest BCUT2D eigenvalue weighted by atomic mass is 10.1. The third kappa shape index (κ3) is 8.17. The van der Waals surface area contributed by atoms with Crippen molar-refractivity contribution in [1.29, 1.82) is 0 Å². The standard InChI is InChI=1S/C12H18N4.2C10H15N5.C8H12N6/c1-6(2)16-9(5)7(3)10-11(13)8(4)14-15-12(10)16;1-5(2)15-7(4)12-9-8(11)6(3)13-14-10(9)15;1-5(2)15-10-8(6(3)14-15)9(11)7(4)12-13-10;1-4(2)14-8-7(11-13-14)6(9)5(3)10-12-8/h6H,1-5H3,(H2,13,15);5H,1-4H3,(H2,11,14);5H,1-4H3,(H2,11,13);4H,1-3H3,(H2,9,12). The third-order valence-electron chi connectivity index (χ3n) is 10.3. The summed E-state index contributed by atoms with van der Waals surface area (Å²) >= 11 is 0. The van der Waals surface area contributed by atoms with Gasteiger partial charge < -0.3 is 32.1 Å². The molecular formula is C40H60N20. The molecule has 0 unspecified atom stereocenters. The molecule has 8 aromatic rings. The van der Waals surface area contributed by atoms with Crippen LogP contribution in [0.2, 0.25) is 0 Å². The summed E-state index contributed by atoms with van der Waals surface area (Å²) in [5, 5.41) is 47.1. The molecule has 60 heavy (non-hydrogen) atoms. The fourth-order valence-electron chi connectivity index (χ4n) is 6.91. The summed E-state index contributed by atoms with van der Waals surface area (Å²) in [4.78, 5) is 4.43. The number of hydrogen-bond donors (Lipinski definition) is 4. The molecule has 8 aromatic heterocycles. The Labute approximate surface area is 349 Å². The van der Waals surface area contributed by atoms with E-state index in [0.29, 0.717) is 46.0 Å². The van der Waals surface area contributed by atoms with Gasteiger partial charge in [-0.05, 0) is 116 Å². The fourth-order valence-corrected chi connectivity index (χ4v) is 6.91. The minimum absolute atomic E-state index is 0.205. The first-order valence-corrected chi connectivity index (χ1v) is 20.0. The van der Waals surface area contributed by atoms with Crippen LogP contribution in [0.15, 0.2) is 0 Å². The van der Waals surface area contributed by atoms with Crippen LogP contribution in [0.4, 0.5) is 22.7 Å². The molecule has 8 N–H and O–H groups in total. The number of aromatic nitrogens is 16. The molecule has 0 aliphatic heterocycles. The van der Waals surface area contributed by atoms with Gasteiger partial charge in [0.05, 0.1) is 62.6 Å². The van der Waals surface area contributed by atoms with Gasteiger partial charge in [-0.1, -0.05) is 5.21 Å². The maximum atomic E-state index is 6.09. The number of nitrogens with zero attached hydrogens (tertiary/aromatic N) is 16. The molecule has 0 saturated heterocycles. The van der Waals surface area contributed by atoms with Gasteiger partial charge in [0.2, 0.25) is 5.65 Å². The van der Waals surface area contributed by atoms with Crippen LogP contribution < -0.4 is 22.9 Å². The summed E-state index contributed by atoms with van der Waals surface area (Å²) in [6.07, 6.45) is 0. The van der Waals surface area contributed by atoms with E-state index in [1.807, 2.05) is 57.7 Å². The van der Waals surface area contributed by atoms with Gasteiger partial charge in [0.15, 0.2) is 22.5 Å². The Hall–Kier alpha value is -6.60. The van der Waals surface area contributed by atoms with Crippen LogP contribution in [-0.2, 0) is 0 Å². The van der Waals surface area contributed by atoms with E-state index in [4.69, 9.17) is 22.9 Å². The highest BCUT2D eigenvalue weighted by Gasteiger charge is 2.19. The van der Waals surface area contributed by atoms with Crippen LogP contribution in [0.5, 0.6) is 0 Å². The van der Waals surface area contributed by atoms with Crippen LogP contribution >= 0.6 is 0 Å². The van der Waals surface area contributed by atoms with Gasteiger partial charge in [0, 0.05) is 29.2 Å². The zero-order valence-electron chi connectivity index (χ0n) is 37.8. The molecule has 0 saturated carbocycles. The van der Waals surface area contributed by atoms with Crippen molar-refractivity contribution < 1.29 is 0 Å². The van der Waals surface area contributed by atoms with Crippen LogP contribution in [0, 0.1) is 55.4 Å². The van der Waals surface area contributed by atoms with Crippen molar-refractivity contribution in [2.45, 2.75) is 135 Å². The number of imidazole rings is 1. The maximum Gasteiger partial charge on any atom is 0.203 e. The number of rotatable bonds is 4. The molecule has 20 nitrogen and oxygen atoms in total. The lowest BCUT2D eigenvalue weighted by Gasteiger charge is -2.11. The Morgan fingerprint density at radius 3 is 1.37 bits per heavy atom. The van der Waals surface area contributed by atoms with Crippen molar-refractivity contribution in [3.05, 3.63) is 45.6 Å². The monoisotopic (exact) mass is 821 g/mol. The molecule has 0 bridgehead atoms. The van der Waals surface area contributed by atoms with Crippen LogP contribution in [0.3, 0.4) is 0 Å². The van der Waals surface area contributed by atoms with Gasteiger partial charge in [-0.2, -0.15) is 25.5 Å². The van der Waals surface area contributed by atoms with Crippen LogP contribution in [-0.4, -0.2) is 79.7 Å². The van der Waals surface area contributed by atoms with Gasteiger partial charge in [0.1, 0.15) is 11.3 Å². The average Bonchev–Trinajstić information content (AvgIpc) is 3.93. The Bertz CT molecular complexity index is 2810.